The summed E-state index contributed by atoms with van der Waals surface area (Å²) in [5, 5.41) is 12.6. The first-order valence-corrected chi connectivity index (χ1v) is 7.11. The van der Waals surface area contributed by atoms with E-state index in [0.717, 1.165) is 19.0 Å². The summed E-state index contributed by atoms with van der Waals surface area (Å²) >= 11 is 0. The van der Waals surface area contributed by atoms with Crippen molar-refractivity contribution < 1.29 is 5.11 Å². The molecule has 2 nitrogen and oxygen atoms in total. The van der Waals surface area contributed by atoms with Crippen molar-refractivity contribution in [2.45, 2.75) is 64.3 Å². The van der Waals surface area contributed by atoms with Gasteiger partial charge in [-0.2, -0.15) is 0 Å². The standard InChI is InChI=1S/C14H27NO/c1-12(6-10-16)11-15-13-5-9-14(13)7-3-2-4-8-14/h12-13,15-16H,2-11H2,1H3. The van der Waals surface area contributed by atoms with E-state index < -0.39 is 0 Å². The molecule has 94 valence electrons. The molecule has 2 aliphatic carbocycles. The van der Waals surface area contributed by atoms with Crippen LogP contribution in [0.25, 0.3) is 0 Å². The fraction of sp³-hybridized carbons (Fsp3) is 1.00. The molecule has 0 radical (unpaired) electrons. The Hall–Kier alpha value is -0.0800. The van der Waals surface area contributed by atoms with Crippen LogP contribution in [-0.2, 0) is 0 Å². The van der Waals surface area contributed by atoms with E-state index >= 15 is 0 Å². The number of rotatable bonds is 5. The van der Waals surface area contributed by atoms with Gasteiger partial charge in [-0.1, -0.05) is 26.2 Å². The van der Waals surface area contributed by atoms with Crippen LogP contribution in [0.2, 0.25) is 0 Å². The summed E-state index contributed by atoms with van der Waals surface area (Å²) in [6.45, 7) is 3.65. The SMILES string of the molecule is CC(CCO)CNC1CCC12CCCCC2. The molecule has 16 heavy (non-hydrogen) atoms. The smallest absolute Gasteiger partial charge is 0.0434 e. The van der Waals surface area contributed by atoms with Crippen molar-refractivity contribution in [3.05, 3.63) is 0 Å². The number of nitrogens with one attached hydrogen (secondary N) is 1. The molecule has 2 rings (SSSR count). The minimum atomic E-state index is 0.332. The molecule has 0 aromatic carbocycles. The van der Waals surface area contributed by atoms with Gasteiger partial charge in [-0.05, 0) is 50.0 Å². The fourth-order valence-electron chi connectivity index (χ4n) is 3.54. The molecule has 2 fully saturated rings. The average molecular weight is 225 g/mol. The third-order valence-electron chi connectivity index (χ3n) is 4.85. The van der Waals surface area contributed by atoms with Crippen molar-refractivity contribution >= 4 is 0 Å². The second kappa shape index (κ2) is 5.50. The van der Waals surface area contributed by atoms with E-state index in [0.29, 0.717) is 17.9 Å². The van der Waals surface area contributed by atoms with Crippen molar-refractivity contribution in [3.63, 3.8) is 0 Å². The second-order valence-corrected chi connectivity index (χ2v) is 6.04. The highest BCUT2D eigenvalue weighted by Crippen LogP contribution is 2.51. The topological polar surface area (TPSA) is 32.3 Å². The molecule has 0 aromatic rings. The lowest BCUT2D eigenvalue weighted by molar-refractivity contribution is 0.0209. The molecule has 0 amide bonds. The summed E-state index contributed by atoms with van der Waals surface area (Å²) in [4.78, 5) is 0. The predicted octanol–water partition coefficient (Wildman–Crippen LogP) is 2.71. The van der Waals surface area contributed by atoms with Gasteiger partial charge in [0.2, 0.25) is 0 Å². The van der Waals surface area contributed by atoms with Crippen molar-refractivity contribution in [1.82, 2.24) is 5.32 Å². The molecule has 0 saturated heterocycles. The van der Waals surface area contributed by atoms with Gasteiger partial charge in [0.05, 0.1) is 0 Å². The van der Waals surface area contributed by atoms with E-state index in [1.807, 2.05) is 0 Å². The van der Waals surface area contributed by atoms with E-state index in [4.69, 9.17) is 5.11 Å². The highest BCUT2D eigenvalue weighted by Gasteiger charge is 2.46. The molecular formula is C14H27NO. The van der Waals surface area contributed by atoms with Gasteiger partial charge in [-0.25, -0.2) is 0 Å². The zero-order valence-corrected chi connectivity index (χ0v) is 10.7. The van der Waals surface area contributed by atoms with E-state index in [2.05, 4.69) is 12.2 Å². The van der Waals surface area contributed by atoms with Crippen molar-refractivity contribution in [2.75, 3.05) is 13.2 Å². The Morgan fingerprint density at radius 2 is 2.00 bits per heavy atom. The molecule has 2 heteroatoms. The summed E-state index contributed by atoms with van der Waals surface area (Å²) < 4.78 is 0. The van der Waals surface area contributed by atoms with Crippen molar-refractivity contribution in [2.24, 2.45) is 11.3 Å². The maximum Gasteiger partial charge on any atom is 0.0434 e. The second-order valence-electron chi connectivity index (χ2n) is 6.04. The third kappa shape index (κ3) is 2.60. The Morgan fingerprint density at radius 1 is 1.25 bits per heavy atom. The number of hydrogen-bond donors (Lipinski definition) is 2. The minimum Gasteiger partial charge on any atom is -0.396 e. The van der Waals surface area contributed by atoms with Crippen LogP contribution in [0.15, 0.2) is 0 Å². The molecule has 2 saturated carbocycles. The summed E-state index contributed by atoms with van der Waals surface area (Å²) in [6, 6.07) is 0.786. The van der Waals surface area contributed by atoms with Gasteiger partial charge in [-0.15, -0.1) is 0 Å². The minimum absolute atomic E-state index is 0.332. The number of aliphatic hydroxyl groups excluding tert-OH is 1. The molecule has 2 aliphatic rings. The molecule has 2 N–H and O–H groups in total. The van der Waals surface area contributed by atoms with Gasteiger partial charge >= 0.3 is 0 Å². The van der Waals surface area contributed by atoms with E-state index in [-0.39, 0.29) is 0 Å². The van der Waals surface area contributed by atoms with Crippen LogP contribution in [0.4, 0.5) is 0 Å². The molecule has 0 heterocycles. The third-order valence-corrected chi connectivity index (χ3v) is 4.85. The highest BCUT2D eigenvalue weighted by atomic mass is 16.3. The van der Waals surface area contributed by atoms with Crippen LogP contribution < -0.4 is 5.32 Å². The van der Waals surface area contributed by atoms with Crippen LogP contribution in [0.3, 0.4) is 0 Å². The van der Waals surface area contributed by atoms with Gasteiger partial charge < -0.3 is 10.4 Å². The van der Waals surface area contributed by atoms with E-state index in [9.17, 15) is 0 Å². The predicted molar refractivity (Wildman–Crippen MR) is 67.4 cm³/mol. The summed E-state index contributed by atoms with van der Waals surface area (Å²) in [7, 11) is 0. The van der Waals surface area contributed by atoms with Crippen LogP contribution in [0.1, 0.15) is 58.3 Å². The van der Waals surface area contributed by atoms with Gasteiger partial charge in [0.25, 0.3) is 0 Å². The summed E-state index contributed by atoms with van der Waals surface area (Å²) in [6.07, 6.45) is 11.0. The Labute approximate surface area is 99.8 Å². The largest absolute Gasteiger partial charge is 0.396 e. The van der Waals surface area contributed by atoms with E-state index in [1.54, 1.807) is 0 Å². The Bertz CT molecular complexity index is 211. The lowest BCUT2D eigenvalue weighted by Gasteiger charge is -2.53. The summed E-state index contributed by atoms with van der Waals surface area (Å²) in [5.41, 5.74) is 0.678. The molecule has 0 aromatic heterocycles. The maximum atomic E-state index is 8.89. The molecule has 0 aliphatic heterocycles. The van der Waals surface area contributed by atoms with E-state index in [1.165, 1.54) is 44.9 Å². The van der Waals surface area contributed by atoms with Crippen LogP contribution >= 0.6 is 0 Å². The molecular weight excluding hydrogens is 198 g/mol. The Balaban J connectivity index is 1.73. The van der Waals surface area contributed by atoms with Gasteiger partial charge in [-0.3, -0.25) is 0 Å². The first kappa shape index (κ1) is 12.4. The average Bonchev–Trinajstić information content (AvgIpc) is 2.29. The lowest BCUT2D eigenvalue weighted by Crippen LogP contribution is -2.55. The monoisotopic (exact) mass is 225 g/mol. The zero-order valence-electron chi connectivity index (χ0n) is 10.7. The Kier molecular flexibility index (Phi) is 4.26. The zero-order chi connectivity index (χ0) is 11.4. The molecule has 0 bridgehead atoms. The fourth-order valence-corrected chi connectivity index (χ4v) is 3.54. The number of hydrogen-bond acceptors (Lipinski definition) is 2. The normalized spacial score (nSPS) is 30.0. The number of aliphatic hydroxyl groups is 1. The van der Waals surface area contributed by atoms with Gasteiger partial charge in [0.15, 0.2) is 0 Å². The molecule has 1 spiro atoms. The van der Waals surface area contributed by atoms with Crippen molar-refractivity contribution in [3.8, 4) is 0 Å². The van der Waals surface area contributed by atoms with Gasteiger partial charge in [0, 0.05) is 12.6 Å². The van der Waals surface area contributed by atoms with Crippen molar-refractivity contribution in [1.29, 1.82) is 0 Å². The van der Waals surface area contributed by atoms with Crippen LogP contribution in [0, 0.1) is 11.3 Å². The molecule has 2 unspecified atom stereocenters. The first-order chi connectivity index (χ1) is 7.77. The molecule has 2 atom stereocenters. The van der Waals surface area contributed by atoms with Crippen LogP contribution in [-0.4, -0.2) is 24.3 Å². The lowest BCUT2D eigenvalue weighted by atomic mass is 9.57. The van der Waals surface area contributed by atoms with Gasteiger partial charge in [0.1, 0.15) is 0 Å². The maximum absolute atomic E-state index is 8.89. The first-order valence-electron chi connectivity index (χ1n) is 7.11. The quantitative estimate of drug-likeness (QED) is 0.754. The highest BCUT2D eigenvalue weighted by molar-refractivity contribution is 5.01. The Morgan fingerprint density at radius 3 is 2.56 bits per heavy atom. The summed E-state index contributed by atoms with van der Waals surface area (Å²) in [5.74, 6) is 0.617. The van der Waals surface area contributed by atoms with Crippen LogP contribution in [0.5, 0.6) is 0 Å².